The Bertz CT molecular complexity index is 4130. The van der Waals surface area contributed by atoms with Gasteiger partial charge in [0, 0.05) is 125 Å². The number of primary amides is 1. The summed E-state index contributed by atoms with van der Waals surface area (Å²) in [5.74, 6) is -3.37. The minimum Gasteiger partial charge on any atom is -0.447 e. The Labute approximate surface area is 603 Å². The highest BCUT2D eigenvalue weighted by Gasteiger charge is 2.38. The number of imide groups is 1. The molecule has 5 heterocycles. The molecular weight excluding hydrogens is 1370 g/mol. The topological polar surface area (TPSA) is 386 Å². The molecule has 3 aliphatic heterocycles. The zero-order valence-corrected chi connectivity index (χ0v) is 59.0. The Morgan fingerprint density at radius 3 is 2.19 bits per heavy atom. The standard InChI is InChI=1S/C71H85ClN14O18/c1-44(2)62(79-68(95)101-37-36-100-34-31-85-58(88)21-22-59(85)89)65(92)78-53(10-7-23-74-67(73)94)64(91)75-49-15-11-46(12-16-49)43-102-69(96)81(5)26-29-83(30-33-99-35-32-87)71(98)104-56-38-55-61(60-45(3)8-6-9-52(56)60)48(39-72)40-86(55)66(93)54-42-84-41-50(17-20-57(84)77-54)76-63(90)47-13-18-51(19-14-47)103-70(97)82-27-24-80(4)25-28-82/h6,8-9,11-22,38,41-42,44,48,53,62,87H,7,10,23-37,39-40,43H2,1-5H3,(H,75,91)(H,76,90)(H,78,92)(H,79,95)(H3,73,74,94)/t48?,53-,62-/m0/s1. The summed E-state index contributed by atoms with van der Waals surface area (Å²) in [6.07, 6.45) is 2.79. The van der Waals surface area contributed by atoms with Gasteiger partial charge in [0.1, 0.15) is 48.1 Å². The van der Waals surface area contributed by atoms with E-state index >= 15 is 0 Å². The molecule has 4 aromatic carbocycles. The maximum atomic E-state index is 14.8. The van der Waals surface area contributed by atoms with Crippen LogP contribution < -0.4 is 46.7 Å². The van der Waals surface area contributed by atoms with Gasteiger partial charge in [-0.05, 0) is 103 Å². The van der Waals surface area contributed by atoms with Crippen LogP contribution in [-0.4, -0.2) is 242 Å². The van der Waals surface area contributed by atoms with Crippen LogP contribution in [0.4, 0.5) is 41.0 Å². The third-order valence-electron chi connectivity index (χ3n) is 17.3. The monoisotopic (exact) mass is 1460 g/mol. The second kappa shape index (κ2) is 36.8. The summed E-state index contributed by atoms with van der Waals surface area (Å²) >= 11 is 6.69. The smallest absolute Gasteiger partial charge is 0.415 e. The number of aliphatic hydroxyl groups excluding tert-OH is 1. The van der Waals surface area contributed by atoms with E-state index in [-0.39, 0.29) is 122 Å². The molecule has 0 spiro atoms. The fourth-order valence-corrected chi connectivity index (χ4v) is 11.9. The number of amides is 12. The Morgan fingerprint density at radius 2 is 1.49 bits per heavy atom. The van der Waals surface area contributed by atoms with Crippen LogP contribution in [0.2, 0.25) is 0 Å². The number of fused-ring (bicyclic) bond motifs is 4. The van der Waals surface area contributed by atoms with Gasteiger partial charge in [0.25, 0.3) is 23.6 Å². The molecule has 554 valence electrons. The molecule has 1 fully saturated rings. The Hall–Kier alpha value is -10.9. The molecule has 9 rings (SSSR count). The van der Waals surface area contributed by atoms with Crippen LogP contribution in [0.25, 0.3) is 16.4 Å². The van der Waals surface area contributed by atoms with Crippen LogP contribution in [0, 0.1) is 12.8 Å². The van der Waals surface area contributed by atoms with Gasteiger partial charge in [-0.3, -0.25) is 33.7 Å². The van der Waals surface area contributed by atoms with Crippen molar-refractivity contribution in [3.63, 3.8) is 0 Å². The number of hydrogen-bond donors (Lipinski definition) is 7. The van der Waals surface area contributed by atoms with Crippen molar-refractivity contribution >= 4 is 111 Å². The van der Waals surface area contributed by atoms with E-state index in [2.05, 4.69) is 36.5 Å². The van der Waals surface area contributed by atoms with Crippen LogP contribution in [0.1, 0.15) is 70.1 Å². The minimum absolute atomic E-state index is 0.00353. The van der Waals surface area contributed by atoms with Gasteiger partial charge in [-0.1, -0.05) is 44.2 Å². The lowest BCUT2D eigenvalue weighted by Crippen LogP contribution is -2.54. The van der Waals surface area contributed by atoms with E-state index < -0.39 is 83.8 Å². The van der Waals surface area contributed by atoms with E-state index in [1.165, 1.54) is 16.8 Å². The molecular formula is C71H85ClN14O18. The summed E-state index contributed by atoms with van der Waals surface area (Å²) in [6.45, 7) is 7.24. The molecule has 32 nitrogen and oxygen atoms in total. The van der Waals surface area contributed by atoms with Crippen molar-refractivity contribution in [2.45, 2.75) is 58.2 Å². The lowest BCUT2D eigenvalue weighted by atomic mass is 9.92. The molecule has 8 N–H and O–H groups in total. The number of carbonyl (C=O) groups is 11. The number of benzene rings is 4. The first-order valence-corrected chi connectivity index (χ1v) is 34.3. The zero-order valence-electron chi connectivity index (χ0n) is 58.3. The number of hydrogen-bond acceptors (Lipinski definition) is 20. The number of anilines is 3. The number of carbonyl (C=O) groups excluding carboxylic acids is 11. The number of alkyl halides is 1. The third kappa shape index (κ3) is 20.7. The maximum absolute atomic E-state index is 14.8. The highest BCUT2D eigenvalue weighted by Crippen LogP contribution is 2.47. The number of halogens is 1. The number of piperazine rings is 1. The highest BCUT2D eigenvalue weighted by molar-refractivity contribution is 6.19. The largest absolute Gasteiger partial charge is 0.447 e. The molecule has 0 radical (unpaired) electrons. The molecule has 3 aliphatic rings. The molecule has 0 bridgehead atoms. The molecule has 33 heteroatoms. The predicted molar refractivity (Wildman–Crippen MR) is 380 cm³/mol. The third-order valence-corrected chi connectivity index (χ3v) is 17.7. The number of aliphatic hydroxyl groups is 1. The first-order chi connectivity index (χ1) is 50.0. The summed E-state index contributed by atoms with van der Waals surface area (Å²) < 4.78 is 35.2. The second-order valence-electron chi connectivity index (χ2n) is 25.1. The van der Waals surface area contributed by atoms with Crippen molar-refractivity contribution in [1.82, 2.24) is 49.8 Å². The fourth-order valence-electron chi connectivity index (χ4n) is 11.6. The molecule has 3 atom stereocenters. The van der Waals surface area contributed by atoms with E-state index in [9.17, 15) is 57.8 Å². The zero-order chi connectivity index (χ0) is 74.6. The summed E-state index contributed by atoms with van der Waals surface area (Å²) in [4.78, 5) is 158. The first kappa shape index (κ1) is 77.2. The van der Waals surface area contributed by atoms with E-state index in [4.69, 9.17) is 45.8 Å². The molecule has 0 aliphatic carbocycles. The number of imidazole rings is 1. The molecule has 12 amide bonds. The number of nitrogens with zero attached hydrogens (tertiary/aromatic N) is 8. The van der Waals surface area contributed by atoms with Crippen LogP contribution in [0.5, 0.6) is 11.5 Å². The van der Waals surface area contributed by atoms with Crippen molar-refractivity contribution in [2.24, 2.45) is 11.7 Å². The van der Waals surface area contributed by atoms with Crippen LogP contribution in [0.3, 0.4) is 0 Å². The van der Waals surface area contributed by atoms with Gasteiger partial charge >= 0.3 is 30.4 Å². The molecule has 1 saturated heterocycles. The Morgan fingerprint density at radius 1 is 0.769 bits per heavy atom. The van der Waals surface area contributed by atoms with Gasteiger partial charge in [-0.15, -0.1) is 11.6 Å². The van der Waals surface area contributed by atoms with Crippen molar-refractivity contribution in [3.8, 4) is 11.5 Å². The number of rotatable bonds is 32. The molecule has 6 aromatic rings. The molecule has 1 unspecified atom stereocenters. The Kier molecular flexibility index (Phi) is 27.3. The van der Waals surface area contributed by atoms with Gasteiger partial charge in [0.2, 0.25) is 11.8 Å². The normalized spacial score (nSPS) is 14.8. The van der Waals surface area contributed by atoms with E-state index in [0.29, 0.717) is 58.1 Å². The summed E-state index contributed by atoms with van der Waals surface area (Å²) in [7, 11) is 3.47. The van der Waals surface area contributed by atoms with Crippen molar-refractivity contribution < 1.29 is 86.3 Å². The van der Waals surface area contributed by atoms with Gasteiger partial charge in [-0.2, -0.15) is 0 Å². The van der Waals surface area contributed by atoms with Crippen LogP contribution >= 0.6 is 11.6 Å². The lowest BCUT2D eigenvalue weighted by Gasteiger charge is -2.31. The predicted octanol–water partition coefficient (Wildman–Crippen LogP) is 5.42. The van der Waals surface area contributed by atoms with Gasteiger partial charge < -0.3 is 94.7 Å². The minimum atomic E-state index is -1.17. The average Bonchev–Trinajstić information content (AvgIpc) is 1.56. The SMILES string of the molecule is Cc1cccc2c(OC(=O)N(CCOCCO)CCN(C)C(=O)OCc3ccc(NC(=O)[C@H](CCCNC(N)=O)NC(=O)[C@@H](NC(=O)OCCOCCN4C(=O)C=CC4=O)C(C)C)cc3)cc3c(c12)C(CCl)CN3C(=O)c1cn2cc(NC(=O)c3ccc(OC(=O)N4CCN(C)CC4)cc3)ccc2n1. The number of aromatic nitrogens is 2. The number of likely N-dealkylation sites (N-methyl/N-ethyl adjacent to an activating group) is 2. The van der Waals surface area contributed by atoms with Crippen molar-refractivity contribution in [2.75, 3.05) is 141 Å². The van der Waals surface area contributed by atoms with Gasteiger partial charge in [0.05, 0.1) is 51.0 Å². The number of aryl methyl sites for hydroxylation is 1. The van der Waals surface area contributed by atoms with Crippen molar-refractivity contribution in [1.29, 1.82) is 0 Å². The van der Waals surface area contributed by atoms with E-state index in [1.54, 1.807) is 107 Å². The second-order valence-corrected chi connectivity index (χ2v) is 25.5. The molecule has 0 saturated carbocycles. The van der Waals surface area contributed by atoms with Gasteiger partial charge in [-0.25, -0.2) is 29.0 Å². The highest BCUT2D eigenvalue weighted by atomic mass is 35.5. The number of urea groups is 1. The summed E-state index contributed by atoms with van der Waals surface area (Å²) in [5, 5.41) is 24.1. The Balaban J connectivity index is 0.794. The lowest BCUT2D eigenvalue weighted by molar-refractivity contribution is -0.137. The van der Waals surface area contributed by atoms with Gasteiger partial charge in [0.15, 0.2) is 0 Å². The number of ether oxygens (including phenoxy) is 6. The molecule has 104 heavy (non-hydrogen) atoms. The maximum Gasteiger partial charge on any atom is 0.415 e. The number of alkyl carbamates (subject to hydrolysis) is 1. The first-order valence-electron chi connectivity index (χ1n) is 33.8. The van der Waals surface area contributed by atoms with Crippen LogP contribution in [-0.2, 0) is 44.7 Å². The van der Waals surface area contributed by atoms with E-state index in [0.717, 1.165) is 46.7 Å². The summed E-state index contributed by atoms with van der Waals surface area (Å²) in [5.41, 5.74) is 9.36. The van der Waals surface area contributed by atoms with E-state index in [1.807, 2.05) is 32.2 Å². The molecule has 2 aromatic heterocycles. The fraction of sp³-hybridized carbons (Fsp3) is 0.408. The number of nitrogens with two attached hydrogens (primary N) is 1. The average molecular weight is 1460 g/mol. The number of nitrogens with one attached hydrogen (secondary N) is 5. The van der Waals surface area contributed by atoms with Crippen LogP contribution in [0.15, 0.2) is 109 Å². The summed E-state index contributed by atoms with van der Waals surface area (Å²) in [6, 6.07) is 19.9. The number of pyridine rings is 1. The van der Waals surface area contributed by atoms with Crippen molar-refractivity contribution in [3.05, 3.63) is 137 Å². The quantitative estimate of drug-likeness (QED) is 0.0157.